The molecule has 0 amide bonds. The van der Waals surface area contributed by atoms with Crippen molar-refractivity contribution in [2.75, 3.05) is 0 Å². The summed E-state index contributed by atoms with van der Waals surface area (Å²) in [6.07, 6.45) is 0.735. The van der Waals surface area contributed by atoms with Crippen molar-refractivity contribution >= 4 is 34.8 Å². The number of aromatic hydroxyl groups is 1. The number of thioether (sulfide) groups is 1. The van der Waals surface area contributed by atoms with Crippen LogP contribution in [-0.2, 0) is 0 Å². The molecule has 4 rings (SSSR count). The molecule has 1 aliphatic rings. The first-order chi connectivity index (χ1) is 12.2. The molecule has 0 spiro atoms. The fourth-order valence-corrected chi connectivity index (χ4v) is 4.32. The van der Waals surface area contributed by atoms with Crippen LogP contribution in [0.3, 0.4) is 0 Å². The number of aliphatic imine (C=N–C) groups is 1. The molecule has 1 atom stereocenters. The highest BCUT2D eigenvalue weighted by atomic mass is 35.5. The third-order valence-electron chi connectivity index (χ3n) is 4.23. The topological polar surface area (TPSA) is 32.6 Å². The summed E-state index contributed by atoms with van der Waals surface area (Å²) in [5, 5.41) is 11.2. The van der Waals surface area contributed by atoms with Gasteiger partial charge < -0.3 is 5.11 Å². The van der Waals surface area contributed by atoms with Crippen LogP contribution in [0, 0.1) is 0 Å². The molecule has 3 aromatic rings. The fourth-order valence-electron chi connectivity index (χ4n) is 2.96. The molecule has 3 aromatic carbocycles. The summed E-state index contributed by atoms with van der Waals surface area (Å²) in [5.41, 5.74) is 3.84. The van der Waals surface area contributed by atoms with Crippen LogP contribution in [0.2, 0.25) is 5.02 Å². The summed E-state index contributed by atoms with van der Waals surface area (Å²) >= 11 is 7.85. The first kappa shape index (κ1) is 16.2. The van der Waals surface area contributed by atoms with Gasteiger partial charge in [0, 0.05) is 27.2 Å². The highest BCUT2D eigenvalue weighted by Gasteiger charge is 2.23. The Bertz CT molecular complexity index is 937. The Morgan fingerprint density at radius 1 is 0.920 bits per heavy atom. The van der Waals surface area contributed by atoms with Crippen LogP contribution >= 0.6 is 23.4 Å². The van der Waals surface area contributed by atoms with Gasteiger partial charge in [-0.3, -0.25) is 4.99 Å². The Morgan fingerprint density at radius 2 is 1.64 bits per heavy atom. The highest BCUT2D eigenvalue weighted by Crippen LogP contribution is 2.46. The molecule has 124 valence electrons. The van der Waals surface area contributed by atoms with E-state index < -0.39 is 0 Å². The first-order valence-electron chi connectivity index (χ1n) is 8.08. The van der Waals surface area contributed by atoms with Crippen molar-refractivity contribution in [2.45, 2.75) is 16.6 Å². The number of phenolic OH excluding ortho intramolecular Hbond substituents is 1. The van der Waals surface area contributed by atoms with E-state index in [0.717, 1.165) is 33.3 Å². The standard InChI is InChI=1S/C21H16ClNOS/c22-15-11-9-14(10-12-15)21-13-18(16-5-1-3-7-19(16)24)23-17-6-2-4-8-20(17)25-21/h1-12,21,24H,13H2/t21-/m1/s1. The average molecular weight is 366 g/mol. The zero-order chi connectivity index (χ0) is 17.2. The number of rotatable bonds is 2. The number of nitrogens with zero attached hydrogens (tertiary/aromatic N) is 1. The van der Waals surface area contributed by atoms with Crippen molar-refractivity contribution in [3.8, 4) is 5.75 Å². The van der Waals surface area contributed by atoms with Gasteiger partial charge in [-0.2, -0.15) is 0 Å². The van der Waals surface area contributed by atoms with Crippen molar-refractivity contribution in [1.82, 2.24) is 0 Å². The summed E-state index contributed by atoms with van der Waals surface area (Å²) in [6.45, 7) is 0. The summed E-state index contributed by atoms with van der Waals surface area (Å²) in [6, 6.07) is 23.5. The van der Waals surface area contributed by atoms with Gasteiger partial charge in [0.1, 0.15) is 5.75 Å². The largest absolute Gasteiger partial charge is 0.507 e. The Morgan fingerprint density at radius 3 is 2.44 bits per heavy atom. The normalized spacial score (nSPS) is 16.7. The third kappa shape index (κ3) is 3.44. The molecule has 0 fully saturated rings. The van der Waals surface area contributed by atoms with Crippen LogP contribution in [0.5, 0.6) is 5.75 Å². The molecule has 25 heavy (non-hydrogen) atoms. The second kappa shape index (κ2) is 6.95. The van der Waals surface area contributed by atoms with E-state index in [0.29, 0.717) is 0 Å². The molecule has 0 radical (unpaired) electrons. The molecule has 0 bridgehead atoms. The second-order valence-corrected chi connectivity index (χ2v) is 7.59. The number of para-hydroxylation sites is 2. The molecule has 0 aromatic heterocycles. The Hall–Kier alpha value is -2.23. The molecular formula is C21H16ClNOS. The first-order valence-corrected chi connectivity index (χ1v) is 9.33. The molecule has 1 heterocycles. The number of hydrogen-bond donors (Lipinski definition) is 1. The van der Waals surface area contributed by atoms with Crippen LogP contribution in [0.4, 0.5) is 5.69 Å². The molecule has 1 aliphatic heterocycles. The predicted octanol–water partition coefficient (Wildman–Crippen LogP) is 6.40. The summed E-state index contributed by atoms with van der Waals surface area (Å²) in [4.78, 5) is 6.02. The number of fused-ring (bicyclic) bond motifs is 1. The van der Waals surface area contributed by atoms with Gasteiger partial charge in [-0.15, -0.1) is 11.8 Å². The summed E-state index contributed by atoms with van der Waals surface area (Å²) < 4.78 is 0. The fraction of sp³-hybridized carbons (Fsp3) is 0.0952. The minimum absolute atomic E-state index is 0.208. The molecule has 4 heteroatoms. The maximum Gasteiger partial charge on any atom is 0.124 e. The van der Waals surface area contributed by atoms with E-state index in [2.05, 4.69) is 18.2 Å². The number of hydrogen-bond acceptors (Lipinski definition) is 3. The molecule has 1 N–H and O–H groups in total. The molecule has 2 nitrogen and oxygen atoms in total. The van der Waals surface area contributed by atoms with Gasteiger partial charge in [0.15, 0.2) is 0 Å². The van der Waals surface area contributed by atoms with Gasteiger partial charge >= 0.3 is 0 Å². The molecule has 0 saturated carbocycles. The molecule has 0 saturated heterocycles. The van der Waals surface area contributed by atoms with Crippen LogP contribution < -0.4 is 0 Å². The minimum atomic E-state index is 0.208. The van der Waals surface area contributed by atoms with E-state index in [-0.39, 0.29) is 11.0 Å². The van der Waals surface area contributed by atoms with E-state index >= 15 is 0 Å². The lowest BCUT2D eigenvalue weighted by Crippen LogP contribution is -2.05. The lowest BCUT2D eigenvalue weighted by Gasteiger charge is -2.16. The third-order valence-corrected chi connectivity index (χ3v) is 5.80. The van der Waals surface area contributed by atoms with E-state index in [4.69, 9.17) is 16.6 Å². The Balaban J connectivity index is 1.82. The summed E-state index contributed by atoms with van der Waals surface area (Å²) in [7, 11) is 0. The highest BCUT2D eigenvalue weighted by molar-refractivity contribution is 7.99. The van der Waals surface area contributed by atoms with E-state index in [1.807, 2.05) is 48.5 Å². The molecular weight excluding hydrogens is 350 g/mol. The van der Waals surface area contributed by atoms with Crippen LogP contribution in [0.1, 0.15) is 22.8 Å². The maximum absolute atomic E-state index is 10.3. The molecule has 0 unspecified atom stereocenters. The van der Waals surface area contributed by atoms with Crippen LogP contribution in [0.25, 0.3) is 0 Å². The predicted molar refractivity (Wildman–Crippen MR) is 105 cm³/mol. The Labute approximate surface area is 156 Å². The SMILES string of the molecule is Oc1ccccc1C1=Nc2ccccc2S[C@@H](c2ccc(Cl)cc2)C1. The second-order valence-electron chi connectivity index (χ2n) is 5.91. The average Bonchev–Trinajstić information content (AvgIpc) is 2.82. The number of halogens is 1. The number of phenols is 1. The van der Waals surface area contributed by atoms with Crippen molar-refractivity contribution in [1.29, 1.82) is 0 Å². The van der Waals surface area contributed by atoms with Crippen molar-refractivity contribution in [3.05, 3.63) is 88.9 Å². The van der Waals surface area contributed by atoms with E-state index in [9.17, 15) is 5.11 Å². The smallest absolute Gasteiger partial charge is 0.124 e. The van der Waals surface area contributed by atoms with Crippen molar-refractivity contribution in [3.63, 3.8) is 0 Å². The summed E-state index contributed by atoms with van der Waals surface area (Å²) in [5.74, 6) is 0.264. The van der Waals surface area contributed by atoms with E-state index in [1.54, 1.807) is 17.8 Å². The quantitative estimate of drug-likeness (QED) is 0.569. The lowest BCUT2D eigenvalue weighted by molar-refractivity contribution is 0.474. The lowest BCUT2D eigenvalue weighted by atomic mass is 10.0. The van der Waals surface area contributed by atoms with Gasteiger partial charge in [-0.05, 0) is 42.0 Å². The van der Waals surface area contributed by atoms with E-state index in [1.165, 1.54) is 5.56 Å². The van der Waals surface area contributed by atoms with Crippen LogP contribution in [-0.4, -0.2) is 10.8 Å². The van der Waals surface area contributed by atoms with Crippen molar-refractivity contribution in [2.24, 2.45) is 4.99 Å². The van der Waals surface area contributed by atoms with Crippen molar-refractivity contribution < 1.29 is 5.11 Å². The van der Waals surface area contributed by atoms with Crippen LogP contribution in [0.15, 0.2) is 82.7 Å². The van der Waals surface area contributed by atoms with Gasteiger partial charge in [0.2, 0.25) is 0 Å². The Kier molecular flexibility index (Phi) is 4.51. The maximum atomic E-state index is 10.3. The van der Waals surface area contributed by atoms with Gasteiger partial charge in [-0.1, -0.05) is 48.0 Å². The zero-order valence-corrected chi connectivity index (χ0v) is 15.0. The van der Waals surface area contributed by atoms with Gasteiger partial charge in [0.25, 0.3) is 0 Å². The van der Waals surface area contributed by atoms with Gasteiger partial charge in [-0.25, -0.2) is 0 Å². The minimum Gasteiger partial charge on any atom is -0.507 e. The zero-order valence-electron chi connectivity index (χ0n) is 13.4. The monoisotopic (exact) mass is 365 g/mol. The van der Waals surface area contributed by atoms with Gasteiger partial charge in [0.05, 0.1) is 11.4 Å². The molecule has 0 aliphatic carbocycles. The number of benzene rings is 3.